The number of benzene rings is 1. The molecular weight excluding hydrogens is 252 g/mol. The molecule has 3 heteroatoms. The third-order valence-electron chi connectivity index (χ3n) is 4.30. The van der Waals surface area contributed by atoms with Crippen LogP contribution in [0.2, 0.25) is 0 Å². The van der Waals surface area contributed by atoms with Crippen LogP contribution in [0, 0.1) is 5.92 Å². The molecule has 0 bridgehead atoms. The van der Waals surface area contributed by atoms with E-state index >= 15 is 0 Å². The highest BCUT2D eigenvalue weighted by Gasteiger charge is 2.24. The number of para-hydroxylation sites is 1. The average molecular weight is 270 g/mol. The molecule has 0 saturated heterocycles. The molecule has 1 atom stereocenters. The number of aryl methyl sites for hydroxylation is 1. The summed E-state index contributed by atoms with van der Waals surface area (Å²) in [6.07, 6.45) is 6.36. The summed E-state index contributed by atoms with van der Waals surface area (Å²) in [5.74, 6) is 0.857. The van der Waals surface area contributed by atoms with E-state index in [-0.39, 0.29) is 0 Å². The molecular formula is C16H18N2S. The summed E-state index contributed by atoms with van der Waals surface area (Å²) in [6, 6.07) is 8.68. The molecule has 2 aromatic heterocycles. The Kier molecular flexibility index (Phi) is 2.62. The van der Waals surface area contributed by atoms with Gasteiger partial charge in [0.05, 0.1) is 15.9 Å². The van der Waals surface area contributed by atoms with Crippen LogP contribution in [0.15, 0.2) is 24.3 Å². The first-order valence-electron chi connectivity index (χ1n) is 7.24. The summed E-state index contributed by atoms with van der Waals surface area (Å²) < 4.78 is 3.77. The highest BCUT2D eigenvalue weighted by atomic mass is 32.1. The molecule has 0 N–H and O–H groups in total. The van der Waals surface area contributed by atoms with Gasteiger partial charge < -0.3 is 0 Å². The molecule has 0 radical (unpaired) electrons. The van der Waals surface area contributed by atoms with Crippen LogP contribution in [0.5, 0.6) is 0 Å². The first-order valence-corrected chi connectivity index (χ1v) is 8.06. The summed E-state index contributed by atoms with van der Waals surface area (Å²) in [5.41, 5.74) is 4.18. The zero-order chi connectivity index (χ0) is 12.8. The number of aromatic nitrogens is 2. The number of nitrogens with zero attached hydrogens (tertiary/aromatic N) is 2. The Hall–Kier alpha value is -1.35. The Morgan fingerprint density at radius 3 is 3.16 bits per heavy atom. The number of rotatable bonds is 2. The van der Waals surface area contributed by atoms with Gasteiger partial charge in [0, 0.05) is 5.69 Å². The smallest absolute Gasteiger partial charge is 0.195 e. The number of imidazole rings is 1. The van der Waals surface area contributed by atoms with Crippen LogP contribution in [0.3, 0.4) is 0 Å². The fourth-order valence-corrected chi connectivity index (χ4v) is 4.46. The Labute approximate surface area is 117 Å². The molecule has 98 valence electrons. The van der Waals surface area contributed by atoms with Crippen molar-refractivity contribution in [3.63, 3.8) is 0 Å². The predicted molar refractivity (Wildman–Crippen MR) is 81.0 cm³/mol. The standard InChI is InChI=1S/C16H18N2S/c1-2-5-11-8-9-12-14(10-11)18-13-6-3-4-7-15(13)19-16(18)17-12/h3-4,6-7,11H,2,5,8-10H2,1H3. The summed E-state index contributed by atoms with van der Waals surface area (Å²) in [5, 5.41) is 0. The Bertz CT molecular complexity index is 738. The van der Waals surface area contributed by atoms with Crippen LogP contribution < -0.4 is 0 Å². The summed E-state index contributed by atoms with van der Waals surface area (Å²) in [4.78, 5) is 6.05. The minimum absolute atomic E-state index is 0.857. The molecule has 1 aromatic carbocycles. The largest absolute Gasteiger partial charge is 0.287 e. The van der Waals surface area contributed by atoms with E-state index in [9.17, 15) is 0 Å². The molecule has 0 spiro atoms. The maximum absolute atomic E-state index is 4.87. The highest BCUT2D eigenvalue weighted by molar-refractivity contribution is 7.23. The number of fused-ring (bicyclic) bond motifs is 5. The number of hydrogen-bond donors (Lipinski definition) is 0. The molecule has 0 amide bonds. The first kappa shape index (κ1) is 11.5. The minimum Gasteiger partial charge on any atom is -0.287 e. The topological polar surface area (TPSA) is 17.3 Å². The van der Waals surface area contributed by atoms with Crippen LogP contribution in [0.1, 0.15) is 37.6 Å². The molecule has 1 unspecified atom stereocenters. The van der Waals surface area contributed by atoms with E-state index in [0.717, 1.165) is 5.92 Å². The van der Waals surface area contributed by atoms with Gasteiger partial charge in [-0.15, -0.1) is 0 Å². The fraction of sp³-hybridized carbons (Fsp3) is 0.438. The van der Waals surface area contributed by atoms with Gasteiger partial charge in [-0.3, -0.25) is 4.40 Å². The van der Waals surface area contributed by atoms with E-state index in [1.165, 1.54) is 58.7 Å². The normalized spacial score (nSPS) is 19.1. The minimum atomic E-state index is 0.857. The van der Waals surface area contributed by atoms with Crippen LogP contribution in [-0.2, 0) is 12.8 Å². The first-order chi connectivity index (χ1) is 9.36. The monoisotopic (exact) mass is 270 g/mol. The van der Waals surface area contributed by atoms with Crippen molar-refractivity contribution in [3.05, 3.63) is 35.7 Å². The summed E-state index contributed by atoms with van der Waals surface area (Å²) in [7, 11) is 0. The maximum Gasteiger partial charge on any atom is 0.195 e. The van der Waals surface area contributed by atoms with E-state index in [1.54, 1.807) is 0 Å². The van der Waals surface area contributed by atoms with Gasteiger partial charge in [-0.1, -0.05) is 43.2 Å². The van der Waals surface area contributed by atoms with Gasteiger partial charge in [0.1, 0.15) is 0 Å². The second-order valence-corrected chi connectivity index (χ2v) is 6.60. The van der Waals surface area contributed by atoms with E-state index in [4.69, 9.17) is 4.98 Å². The van der Waals surface area contributed by atoms with Crippen molar-refractivity contribution < 1.29 is 0 Å². The van der Waals surface area contributed by atoms with Gasteiger partial charge in [0.25, 0.3) is 0 Å². The Balaban J connectivity index is 1.91. The second-order valence-electron chi connectivity index (χ2n) is 5.59. The van der Waals surface area contributed by atoms with Gasteiger partial charge >= 0.3 is 0 Å². The number of hydrogen-bond acceptors (Lipinski definition) is 2. The van der Waals surface area contributed by atoms with Gasteiger partial charge in [-0.25, -0.2) is 4.98 Å². The van der Waals surface area contributed by atoms with Crippen LogP contribution in [-0.4, -0.2) is 9.38 Å². The molecule has 1 aliphatic carbocycles. The Morgan fingerprint density at radius 2 is 2.26 bits per heavy atom. The maximum atomic E-state index is 4.87. The van der Waals surface area contributed by atoms with Crippen LogP contribution >= 0.6 is 11.3 Å². The molecule has 4 rings (SSSR count). The fourth-order valence-electron chi connectivity index (χ4n) is 3.40. The van der Waals surface area contributed by atoms with E-state index in [2.05, 4.69) is 35.6 Å². The van der Waals surface area contributed by atoms with Crippen LogP contribution in [0.4, 0.5) is 0 Å². The lowest BCUT2D eigenvalue weighted by Gasteiger charge is -2.21. The van der Waals surface area contributed by atoms with Gasteiger partial charge in [0.2, 0.25) is 0 Å². The molecule has 0 aliphatic heterocycles. The molecule has 0 saturated carbocycles. The molecule has 3 aromatic rings. The molecule has 2 nitrogen and oxygen atoms in total. The predicted octanol–water partition coefficient (Wildman–Crippen LogP) is 4.45. The summed E-state index contributed by atoms with van der Waals surface area (Å²) >= 11 is 1.82. The van der Waals surface area contributed by atoms with Crippen molar-refractivity contribution in [2.45, 2.75) is 39.0 Å². The van der Waals surface area contributed by atoms with E-state index < -0.39 is 0 Å². The SMILES string of the molecule is CCCC1CCc2nc3sc4ccccc4n3c2C1. The number of thiazole rings is 1. The lowest BCUT2D eigenvalue weighted by atomic mass is 9.87. The quantitative estimate of drug-likeness (QED) is 0.672. The molecule has 0 fully saturated rings. The average Bonchev–Trinajstić information content (AvgIpc) is 2.94. The zero-order valence-electron chi connectivity index (χ0n) is 11.2. The van der Waals surface area contributed by atoms with E-state index in [0.29, 0.717) is 0 Å². The Morgan fingerprint density at radius 1 is 1.37 bits per heavy atom. The molecule has 19 heavy (non-hydrogen) atoms. The van der Waals surface area contributed by atoms with Gasteiger partial charge in [-0.05, 0) is 37.3 Å². The van der Waals surface area contributed by atoms with Crippen molar-refractivity contribution >= 4 is 26.5 Å². The van der Waals surface area contributed by atoms with Gasteiger partial charge in [-0.2, -0.15) is 0 Å². The third kappa shape index (κ3) is 1.71. The van der Waals surface area contributed by atoms with Crippen molar-refractivity contribution in [2.24, 2.45) is 5.92 Å². The van der Waals surface area contributed by atoms with Crippen molar-refractivity contribution in [1.82, 2.24) is 9.38 Å². The van der Waals surface area contributed by atoms with Crippen molar-refractivity contribution in [2.75, 3.05) is 0 Å². The third-order valence-corrected chi connectivity index (χ3v) is 5.32. The second kappa shape index (κ2) is 4.34. The van der Waals surface area contributed by atoms with Crippen LogP contribution in [0.25, 0.3) is 15.2 Å². The summed E-state index contributed by atoms with van der Waals surface area (Å²) in [6.45, 7) is 2.29. The lowest BCUT2D eigenvalue weighted by molar-refractivity contribution is 0.415. The molecule has 1 aliphatic rings. The molecule has 2 heterocycles. The van der Waals surface area contributed by atoms with Gasteiger partial charge in [0.15, 0.2) is 4.96 Å². The zero-order valence-corrected chi connectivity index (χ0v) is 12.0. The lowest BCUT2D eigenvalue weighted by Crippen LogP contribution is -2.15. The highest BCUT2D eigenvalue weighted by Crippen LogP contribution is 2.34. The van der Waals surface area contributed by atoms with E-state index in [1.807, 2.05) is 11.3 Å². The van der Waals surface area contributed by atoms with Crippen molar-refractivity contribution in [1.29, 1.82) is 0 Å². The van der Waals surface area contributed by atoms with Crippen molar-refractivity contribution in [3.8, 4) is 0 Å².